The number of aryl methyl sites for hydroxylation is 1. The van der Waals surface area contributed by atoms with Crippen molar-refractivity contribution in [3.8, 4) is 0 Å². The molecule has 1 aliphatic heterocycles. The van der Waals surface area contributed by atoms with Crippen LogP contribution in [0.4, 0.5) is 14.5 Å². The van der Waals surface area contributed by atoms with Crippen molar-refractivity contribution in [3.63, 3.8) is 0 Å². The molecule has 1 aromatic carbocycles. The maximum absolute atomic E-state index is 14.0. The molecule has 152 valence electrons. The Balaban J connectivity index is 1.56. The van der Waals surface area contributed by atoms with Crippen LogP contribution in [0.3, 0.4) is 0 Å². The molecule has 1 aliphatic rings. The number of anilines is 1. The van der Waals surface area contributed by atoms with Gasteiger partial charge in [0.25, 0.3) is 0 Å². The second-order valence-corrected chi connectivity index (χ2v) is 7.93. The van der Waals surface area contributed by atoms with E-state index in [4.69, 9.17) is 0 Å². The molecule has 1 aromatic heterocycles. The van der Waals surface area contributed by atoms with E-state index in [2.05, 4.69) is 27.5 Å². The Labute approximate surface area is 168 Å². The SMILES string of the molecule is CCNC(=NCCc1ncc(CC)s1)NC1CCN(c2c(F)cccc2F)C1. The van der Waals surface area contributed by atoms with E-state index in [9.17, 15) is 8.78 Å². The molecule has 2 aromatic rings. The molecule has 5 nitrogen and oxygen atoms in total. The number of guanidine groups is 1. The van der Waals surface area contributed by atoms with Gasteiger partial charge in [0.1, 0.15) is 17.3 Å². The maximum Gasteiger partial charge on any atom is 0.191 e. The van der Waals surface area contributed by atoms with E-state index in [1.807, 2.05) is 13.1 Å². The minimum Gasteiger partial charge on any atom is -0.365 e. The fourth-order valence-electron chi connectivity index (χ4n) is 3.28. The highest BCUT2D eigenvalue weighted by atomic mass is 32.1. The van der Waals surface area contributed by atoms with Crippen molar-refractivity contribution in [1.29, 1.82) is 0 Å². The van der Waals surface area contributed by atoms with Crippen molar-refractivity contribution in [3.05, 3.63) is 45.9 Å². The summed E-state index contributed by atoms with van der Waals surface area (Å²) in [4.78, 5) is 12.1. The zero-order valence-corrected chi connectivity index (χ0v) is 17.2. The summed E-state index contributed by atoms with van der Waals surface area (Å²) in [5, 5.41) is 7.73. The van der Waals surface area contributed by atoms with Crippen LogP contribution in [0.5, 0.6) is 0 Å². The first-order valence-corrected chi connectivity index (χ1v) is 10.6. The van der Waals surface area contributed by atoms with E-state index in [1.165, 1.54) is 23.1 Å². The standard InChI is InChI=1S/C20H27F2N5S/c1-3-15-12-25-18(28-15)8-10-24-20(23-4-2)26-14-9-11-27(13-14)19-16(21)6-5-7-17(19)22/h5-7,12,14H,3-4,8-11,13H2,1-2H3,(H2,23,24,26). The van der Waals surface area contributed by atoms with Gasteiger partial charge in [-0.15, -0.1) is 11.3 Å². The monoisotopic (exact) mass is 407 g/mol. The molecule has 0 spiro atoms. The fraction of sp³-hybridized carbons (Fsp3) is 0.500. The number of aliphatic imine (C=N–C) groups is 1. The minimum atomic E-state index is -0.517. The zero-order chi connectivity index (χ0) is 19.9. The van der Waals surface area contributed by atoms with Crippen molar-refractivity contribution in [1.82, 2.24) is 15.6 Å². The lowest BCUT2D eigenvalue weighted by atomic mass is 10.2. The molecule has 3 rings (SSSR count). The third-order valence-corrected chi connectivity index (χ3v) is 5.87. The number of para-hydroxylation sites is 1. The summed E-state index contributed by atoms with van der Waals surface area (Å²) < 4.78 is 28.0. The van der Waals surface area contributed by atoms with Gasteiger partial charge in [0, 0.05) is 49.7 Å². The summed E-state index contributed by atoms with van der Waals surface area (Å²) in [5.41, 5.74) is 0.0595. The van der Waals surface area contributed by atoms with Crippen molar-refractivity contribution < 1.29 is 8.78 Å². The lowest BCUT2D eigenvalue weighted by molar-refractivity contribution is 0.576. The van der Waals surface area contributed by atoms with Gasteiger partial charge in [0.2, 0.25) is 0 Å². The van der Waals surface area contributed by atoms with Crippen LogP contribution < -0.4 is 15.5 Å². The molecule has 8 heteroatoms. The quantitative estimate of drug-likeness (QED) is 0.546. The van der Waals surface area contributed by atoms with E-state index in [0.29, 0.717) is 19.6 Å². The number of rotatable bonds is 7. The molecule has 0 bridgehead atoms. The number of hydrogen-bond acceptors (Lipinski definition) is 4. The van der Waals surface area contributed by atoms with Gasteiger partial charge in [-0.1, -0.05) is 13.0 Å². The molecular formula is C20H27F2N5S. The molecule has 0 amide bonds. The van der Waals surface area contributed by atoms with Crippen LogP contribution in [-0.4, -0.2) is 43.2 Å². The van der Waals surface area contributed by atoms with Gasteiger partial charge >= 0.3 is 0 Å². The van der Waals surface area contributed by atoms with Gasteiger partial charge in [-0.2, -0.15) is 0 Å². The average molecular weight is 408 g/mol. The van der Waals surface area contributed by atoms with Crippen molar-refractivity contribution in [2.45, 2.75) is 39.2 Å². The topological polar surface area (TPSA) is 52.6 Å². The number of aromatic nitrogens is 1. The molecular weight excluding hydrogens is 380 g/mol. The Morgan fingerprint density at radius 1 is 1.32 bits per heavy atom. The van der Waals surface area contributed by atoms with Gasteiger partial charge in [-0.05, 0) is 31.9 Å². The third kappa shape index (κ3) is 5.19. The predicted molar refractivity (Wildman–Crippen MR) is 111 cm³/mol. The lowest BCUT2D eigenvalue weighted by Crippen LogP contribution is -2.44. The maximum atomic E-state index is 14.0. The molecule has 1 saturated heterocycles. The third-order valence-electron chi connectivity index (χ3n) is 4.67. The first kappa shape index (κ1) is 20.5. The van der Waals surface area contributed by atoms with Crippen LogP contribution in [-0.2, 0) is 12.8 Å². The number of halogens is 2. The molecule has 0 radical (unpaired) electrons. The number of hydrogen-bond donors (Lipinski definition) is 2. The van der Waals surface area contributed by atoms with Gasteiger partial charge in [0.15, 0.2) is 5.96 Å². The lowest BCUT2D eigenvalue weighted by Gasteiger charge is -2.21. The molecule has 2 N–H and O–H groups in total. The molecule has 0 aliphatic carbocycles. The fourth-order valence-corrected chi connectivity index (χ4v) is 4.13. The van der Waals surface area contributed by atoms with E-state index < -0.39 is 11.6 Å². The van der Waals surface area contributed by atoms with E-state index in [1.54, 1.807) is 16.2 Å². The van der Waals surface area contributed by atoms with Crippen LogP contribution in [0.1, 0.15) is 30.2 Å². The van der Waals surface area contributed by atoms with Crippen molar-refractivity contribution in [2.75, 3.05) is 31.1 Å². The van der Waals surface area contributed by atoms with E-state index in [0.717, 1.165) is 36.8 Å². The summed E-state index contributed by atoms with van der Waals surface area (Å²) in [6.45, 7) is 6.68. The van der Waals surface area contributed by atoms with Crippen molar-refractivity contribution in [2.24, 2.45) is 4.99 Å². The zero-order valence-electron chi connectivity index (χ0n) is 16.3. The number of thiazole rings is 1. The van der Waals surface area contributed by atoms with Crippen LogP contribution in [0.15, 0.2) is 29.4 Å². The Morgan fingerprint density at radius 3 is 2.79 bits per heavy atom. The number of nitrogens with zero attached hydrogens (tertiary/aromatic N) is 3. The van der Waals surface area contributed by atoms with E-state index >= 15 is 0 Å². The van der Waals surface area contributed by atoms with Gasteiger partial charge in [-0.3, -0.25) is 4.99 Å². The van der Waals surface area contributed by atoms with E-state index in [-0.39, 0.29) is 11.7 Å². The summed E-state index contributed by atoms with van der Waals surface area (Å²) in [6.07, 6.45) is 4.54. The van der Waals surface area contributed by atoms with Gasteiger partial charge in [-0.25, -0.2) is 13.8 Å². The molecule has 1 unspecified atom stereocenters. The largest absolute Gasteiger partial charge is 0.365 e. The van der Waals surface area contributed by atoms with Crippen LogP contribution in [0.25, 0.3) is 0 Å². The first-order chi connectivity index (χ1) is 13.6. The van der Waals surface area contributed by atoms with Crippen LogP contribution in [0.2, 0.25) is 0 Å². The Bertz CT molecular complexity index is 787. The summed E-state index contributed by atoms with van der Waals surface area (Å²) in [6, 6.07) is 4.07. The Morgan fingerprint density at radius 2 is 2.11 bits per heavy atom. The predicted octanol–water partition coefficient (Wildman–Crippen LogP) is 3.36. The highest BCUT2D eigenvalue weighted by molar-refractivity contribution is 7.11. The smallest absolute Gasteiger partial charge is 0.191 e. The number of benzene rings is 1. The normalized spacial score (nSPS) is 17.2. The highest BCUT2D eigenvalue weighted by Crippen LogP contribution is 2.26. The summed E-state index contributed by atoms with van der Waals surface area (Å²) in [7, 11) is 0. The molecule has 1 fully saturated rings. The second kappa shape index (κ2) is 9.82. The molecule has 2 heterocycles. The van der Waals surface area contributed by atoms with Gasteiger partial charge < -0.3 is 15.5 Å². The molecule has 1 atom stereocenters. The minimum absolute atomic E-state index is 0.0595. The van der Waals surface area contributed by atoms with Crippen LogP contribution >= 0.6 is 11.3 Å². The number of nitrogens with one attached hydrogen (secondary N) is 2. The highest BCUT2D eigenvalue weighted by Gasteiger charge is 2.27. The van der Waals surface area contributed by atoms with Gasteiger partial charge in [0.05, 0.1) is 5.01 Å². The summed E-state index contributed by atoms with van der Waals surface area (Å²) in [5.74, 6) is -0.303. The van der Waals surface area contributed by atoms with Crippen LogP contribution in [0, 0.1) is 11.6 Å². The molecule has 0 saturated carbocycles. The Hall–Kier alpha value is -2.22. The molecule has 28 heavy (non-hydrogen) atoms. The Kier molecular flexibility index (Phi) is 7.19. The first-order valence-electron chi connectivity index (χ1n) is 9.78. The van der Waals surface area contributed by atoms with Crippen molar-refractivity contribution >= 4 is 23.0 Å². The average Bonchev–Trinajstić information content (AvgIpc) is 3.31. The summed E-state index contributed by atoms with van der Waals surface area (Å²) >= 11 is 1.73. The second-order valence-electron chi connectivity index (χ2n) is 6.73.